The number of hydrogen-bond acceptors (Lipinski definition) is 6. The quantitative estimate of drug-likeness (QED) is 0.208. The van der Waals surface area contributed by atoms with Crippen LogP contribution in [-0.4, -0.2) is 54.0 Å². The molecule has 6 aliphatic rings. The van der Waals surface area contributed by atoms with Crippen LogP contribution in [0.5, 0.6) is 0 Å². The van der Waals surface area contributed by atoms with Crippen molar-refractivity contribution in [2.45, 2.75) is 137 Å². The third kappa shape index (κ3) is 3.93. The molecule has 0 spiro atoms. The minimum absolute atomic E-state index is 0.0979. The number of esters is 1. The summed E-state index contributed by atoms with van der Waals surface area (Å²) in [6.45, 7) is 19.2. The highest BCUT2D eigenvalue weighted by atomic mass is 16.7. The largest absolute Gasteiger partial charge is 0.459 e. The Balaban J connectivity index is 1.27. The predicted octanol–water partition coefficient (Wildman–Crippen LogP) is 6.59. The molecule has 1 unspecified atom stereocenters. The lowest BCUT2D eigenvalue weighted by molar-refractivity contribution is -0.245. The summed E-state index contributed by atoms with van der Waals surface area (Å²) in [4.78, 5) is 12.7. The number of allylic oxidation sites excluding steroid dienone is 1. The second-order valence-corrected chi connectivity index (χ2v) is 16.7. The minimum Gasteiger partial charge on any atom is -0.459 e. The summed E-state index contributed by atoms with van der Waals surface area (Å²) in [5.74, 6) is 1.24. The van der Waals surface area contributed by atoms with Crippen LogP contribution >= 0.6 is 0 Å². The average Bonchev–Trinajstić information content (AvgIpc) is 3.23. The van der Waals surface area contributed by atoms with Gasteiger partial charge < -0.3 is 24.4 Å². The van der Waals surface area contributed by atoms with Crippen molar-refractivity contribution in [2.75, 3.05) is 7.11 Å². The van der Waals surface area contributed by atoms with Crippen molar-refractivity contribution in [1.29, 1.82) is 0 Å². The second-order valence-electron chi connectivity index (χ2n) is 16.7. The molecule has 6 rings (SSSR count). The molecule has 13 atom stereocenters. The van der Waals surface area contributed by atoms with E-state index in [1.165, 1.54) is 12.8 Å². The van der Waals surface area contributed by atoms with Gasteiger partial charge in [0.1, 0.15) is 12.2 Å². The van der Waals surface area contributed by atoms with E-state index in [-0.39, 0.29) is 63.6 Å². The van der Waals surface area contributed by atoms with E-state index in [4.69, 9.17) is 14.2 Å². The molecule has 6 heteroatoms. The normalized spacial score (nSPS) is 50.9. The Morgan fingerprint density at radius 2 is 1.74 bits per heavy atom. The van der Waals surface area contributed by atoms with Gasteiger partial charge in [0.2, 0.25) is 0 Å². The fourth-order valence-corrected chi connectivity index (χ4v) is 12.7. The Hall–Kier alpha value is -1.21. The molecule has 0 bridgehead atoms. The zero-order valence-electron chi connectivity index (χ0n) is 27.4. The molecule has 236 valence electrons. The van der Waals surface area contributed by atoms with E-state index in [9.17, 15) is 15.0 Å². The zero-order chi connectivity index (χ0) is 30.6. The van der Waals surface area contributed by atoms with E-state index in [0.29, 0.717) is 17.8 Å². The standard InChI is InChI=1S/C36H56O6/c1-20(2)16-29(38)42-28-12-13-33(7)25-11-14-35-19-36(35,34(25,8)27(37)18-26(33)32(28,5)6)15-10-23(35)22-17-24(30(39)21(3)4)41-31(22)40-9/h16,22-28,30-31,37,39H,3,10-15,17-19H2,1-2,4-9H3/t22-,23-,24+,25+,26-,27+,28-,30?,31+,33+,34-,35+,36+/m0/s1. The molecule has 0 aromatic rings. The molecule has 1 saturated heterocycles. The van der Waals surface area contributed by atoms with Crippen LogP contribution in [0.2, 0.25) is 0 Å². The van der Waals surface area contributed by atoms with Crippen molar-refractivity contribution in [3.63, 3.8) is 0 Å². The topological polar surface area (TPSA) is 85.2 Å². The van der Waals surface area contributed by atoms with Crippen LogP contribution in [0.1, 0.15) is 106 Å². The van der Waals surface area contributed by atoms with Crippen LogP contribution in [0, 0.1) is 50.7 Å². The van der Waals surface area contributed by atoms with E-state index in [1.54, 1.807) is 13.2 Å². The number of fused-ring (bicyclic) bond motifs is 3. The second kappa shape index (κ2) is 9.89. The Morgan fingerprint density at radius 3 is 2.38 bits per heavy atom. The first-order valence-electron chi connectivity index (χ1n) is 16.6. The van der Waals surface area contributed by atoms with E-state index >= 15 is 0 Å². The van der Waals surface area contributed by atoms with E-state index in [0.717, 1.165) is 56.1 Å². The molecular formula is C36H56O6. The molecule has 0 aromatic carbocycles. The predicted molar refractivity (Wildman–Crippen MR) is 162 cm³/mol. The highest BCUT2D eigenvalue weighted by molar-refractivity contribution is 5.82. The molecule has 5 aliphatic carbocycles. The first kappa shape index (κ1) is 30.8. The lowest BCUT2D eigenvalue weighted by atomic mass is 9.37. The van der Waals surface area contributed by atoms with Crippen LogP contribution < -0.4 is 0 Å². The maximum atomic E-state index is 12.7. The fourth-order valence-electron chi connectivity index (χ4n) is 12.7. The molecule has 5 saturated carbocycles. The van der Waals surface area contributed by atoms with E-state index < -0.39 is 6.10 Å². The molecular weight excluding hydrogens is 528 g/mol. The van der Waals surface area contributed by atoms with Crippen molar-refractivity contribution in [1.82, 2.24) is 0 Å². The van der Waals surface area contributed by atoms with Gasteiger partial charge in [-0.2, -0.15) is 0 Å². The van der Waals surface area contributed by atoms with Crippen LogP contribution in [0.15, 0.2) is 23.8 Å². The summed E-state index contributed by atoms with van der Waals surface area (Å²) < 4.78 is 18.3. The average molecular weight is 585 g/mol. The molecule has 0 aromatic heterocycles. The Morgan fingerprint density at radius 1 is 1.02 bits per heavy atom. The third-order valence-corrected chi connectivity index (χ3v) is 14.5. The Labute approximate surface area is 253 Å². The number of carbonyl (C=O) groups excluding carboxylic acids is 1. The summed E-state index contributed by atoms with van der Waals surface area (Å²) in [6, 6.07) is 0. The minimum atomic E-state index is -0.666. The summed E-state index contributed by atoms with van der Waals surface area (Å²) in [5, 5.41) is 23.1. The molecule has 1 heterocycles. The van der Waals surface area contributed by atoms with Gasteiger partial charge in [-0.1, -0.05) is 39.8 Å². The van der Waals surface area contributed by atoms with Crippen LogP contribution in [0.4, 0.5) is 0 Å². The highest BCUT2D eigenvalue weighted by Crippen LogP contribution is 2.91. The molecule has 6 fully saturated rings. The monoisotopic (exact) mass is 584 g/mol. The van der Waals surface area contributed by atoms with E-state index in [1.807, 2.05) is 20.8 Å². The number of ether oxygens (including phenoxy) is 3. The first-order chi connectivity index (χ1) is 19.6. The SMILES string of the molecule is C=C(C)C(O)[C@H]1C[C@@H]([C@@H]2CC[C@]34C[C@]23CC[C@@H]2[C@@]3(C)CC[C@H](OC(=O)C=C(C)C)C(C)(C)[C@@H]3C[C@@H](O)[C@]24C)[C@H](OC)O1. The van der Waals surface area contributed by atoms with Crippen molar-refractivity contribution < 1.29 is 29.2 Å². The zero-order valence-corrected chi connectivity index (χ0v) is 27.4. The van der Waals surface area contributed by atoms with Crippen molar-refractivity contribution in [2.24, 2.45) is 50.7 Å². The first-order valence-corrected chi connectivity index (χ1v) is 16.6. The Bertz CT molecular complexity index is 1160. The van der Waals surface area contributed by atoms with Gasteiger partial charge in [-0.3, -0.25) is 0 Å². The van der Waals surface area contributed by atoms with E-state index in [2.05, 4.69) is 34.3 Å². The van der Waals surface area contributed by atoms with Gasteiger partial charge in [-0.15, -0.1) is 0 Å². The third-order valence-electron chi connectivity index (χ3n) is 14.5. The van der Waals surface area contributed by atoms with Crippen LogP contribution in [0.3, 0.4) is 0 Å². The highest BCUT2D eigenvalue weighted by Gasteiger charge is 2.85. The van der Waals surface area contributed by atoms with Gasteiger partial charge in [-0.05, 0) is 118 Å². The maximum Gasteiger partial charge on any atom is 0.330 e. The number of carbonyl (C=O) groups is 1. The summed E-state index contributed by atoms with van der Waals surface area (Å²) in [5.41, 5.74) is 1.83. The van der Waals surface area contributed by atoms with Gasteiger partial charge in [0.05, 0.1) is 12.2 Å². The Kier molecular flexibility index (Phi) is 7.26. The van der Waals surface area contributed by atoms with Gasteiger partial charge >= 0.3 is 5.97 Å². The molecule has 1 aliphatic heterocycles. The van der Waals surface area contributed by atoms with Gasteiger partial charge in [0.25, 0.3) is 0 Å². The van der Waals surface area contributed by atoms with Gasteiger partial charge in [0, 0.05) is 29.9 Å². The molecule has 42 heavy (non-hydrogen) atoms. The number of aliphatic hydroxyl groups excluding tert-OH is 2. The lowest BCUT2D eigenvalue weighted by Crippen LogP contribution is -2.66. The summed E-state index contributed by atoms with van der Waals surface area (Å²) >= 11 is 0. The molecule has 0 amide bonds. The van der Waals surface area contributed by atoms with Crippen LogP contribution in [-0.2, 0) is 19.0 Å². The van der Waals surface area contributed by atoms with Crippen LogP contribution in [0.25, 0.3) is 0 Å². The van der Waals surface area contributed by atoms with Crippen molar-refractivity contribution in [3.8, 4) is 0 Å². The number of aliphatic hydroxyl groups is 2. The lowest BCUT2D eigenvalue weighted by Gasteiger charge is -2.68. The molecule has 0 radical (unpaired) electrons. The number of hydrogen-bond donors (Lipinski definition) is 2. The van der Waals surface area contributed by atoms with Gasteiger partial charge in [-0.25, -0.2) is 4.79 Å². The number of rotatable bonds is 6. The maximum absolute atomic E-state index is 12.7. The summed E-state index contributed by atoms with van der Waals surface area (Å²) in [6.07, 6.45) is 9.21. The van der Waals surface area contributed by atoms with Crippen molar-refractivity contribution in [3.05, 3.63) is 23.8 Å². The summed E-state index contributed by atoms with van der Waals surface area (Å²) in [7, 11) is 1.74. The van der Waals surface area contributed by atoms with Gasteiger partial charge in [0.15, 0.2) is 6.29 Å². The fraction of sp³-hybridized carbons (Fsp3) is 0.861. The van der Waals surface area contributed by atoms with Crippen molar-refractivity contribution >= 4 is 5.97 Å². The molecule has 6 nitrogen and oxygen atoms in total. The molecule has 2 N–H and O–H groups in total. The number of methoxy groups -OCH3 is 1. The smallest absolute Gasteiger partial charge is 0.330 e.